The van der Waals surface area contributed by atoms with Crippen LogP contribution >= 0.6 is 0 Å². The van der Waals surface area contributed by atoms with Crippen LogP contribution in [-0.4, -0.2) is 69.9 Å². The Hall–Kier alpha value is -4.82. The number of carbonyl (C=O) groups is 2. The normalized spacial score (nSPS) is 11.8. The summed E-state index contributed by atoms with van der Waals surface area (Å²) in [5.41, 5.74) is 1.98. The van der Waals surface area contributed by atoms with E-state index < -0.39 is 31.4 Å². The molecule has 0 aliphatic carbocycles. The number of amides is 2. The summed E-state index contributed by atoms with van der Waals surface area (Å²) in [6, 6.07) is 13.3. The molecular formula is C28H26F6N6O3. The first-order valence-corrected chi connectivity index (χ1v) is 13.0. The van der Waals surface area contributed by atoms with E-state index in [1.165, 1.54) is 39.7 Å². The minimum atomic E-state index is -4.61. The molecule has 4 rings (SSSR count). The number of benzene rings is 2. The third kappa shape index (κ3) is 8.14. The zero-order chi connectivity index (χ0) is 31.4. The maximum Gasteiger partial charge on any atom is 0.422 e. The fourth-order valence-electron chi connectivity index (χ4n) is 4.05. The van der Waals surface area contributed by atoms with Gasteiger partial charge in [0.05, 0.1) is 5.69 Å². The van der Waals surface area contributed by atoms with Crippen LogP contribution in [0.25, 0.3) is 16.8 Å². The van der Waals surface area contributed by atoms with Crippen molar-refractivity contribution in [2.24, 2.45) is 0 Å². The van der Waals surface area contributed by atoms with E-state index in [1.807, 2.05) is 0 Å². The number of hydrogen-bond donors (Lipinski definition) is 2. The van der Waals surface area contributed by atoms with Crippen LogP contribution in [0.3, 0.4) is 0 Å². The smallest absolute Gasteiger partial charge is 0.422 e. The van der Waals surface area contributed by atoms with Gasteiger partial charge in [-0.05, 0) is 61.9 Å². The fourth-order valence-corrected chi connectivity index (χ4v) is 4.05. The molecule has 0 spiro atoms. The molecular weight excluding hydrogens is 582 g/mol. The van der Waals surface area contributed by atoms with Gasteiger partial charge in [-0.2, -0.15) is 31.3 Å². The lowest BCUT2D eigenvalue weighted by Crippen LogP contribution is -2.33. The number of alkyl halides is 6. The van der Waals surface area contributed by atoms with E-state index in [0.717, 1.165) is 0 Å². The van der Waals surface area contributed by atoms with E-state index in [9.17, 15) is 35.9 Å². The summed E-state index contributed by atoms with van der Waals surface area (Å²) >= 11 is 0. The van der Waals surface area contributed by atoms with Crippen molar-refractivity contribution >= 4 is 29.1 Å². The zero-order valence-electron chi connectivity index (χ0n) is 22.9. The van der Waals surface area contributed by atoms with Crippen LogP contribution in [0.15, 0.2) is 60.8 Å². The predicted octanol–water partition coefficient (Wildman–Crippen LogP) is 5.86. The van der Waals surface area contributed by atoms with Gasteiger partial charge in [-0.15, -0.1) is 5.10 Å². The molecule has 2 N–H and O–H groups in total. The van der Waals surface area contributed by atoms with Crippen molar-refractivity contribution < 1.29 is 40.7 Å². The van der Waals surface area contributed by atoms with E-state index in [-0.39, 0.29) is 34.4 Å². The Labute approximate surface area is 241 Å². The second-order valence-corrected chi connectivity index (χ2v) is 9.25. The molecule has 0 radical (unpaired) electrons. The lowest BCUT2D eigenvalue weighted by Gasteiger charge is -2.20. The van der Waals surface area contributed by atoms with Gasteiger partial charge in [-0.1, -0.05) is 12.1 Å². The minimum absolute atomic E-state index is 0.0357. The first-order valence-electron chi connectivity index (χ1n) is 13.0. The molecule has 0 unspecified atom stereocenters. The number of halogens is 6. The predicted molar refractivity (Wildman–Crippen MR) is 145 cm³/mol. The molecule has 0 aliphatic heterocycles. The standard InChI is InChI=1S/C28H26F6N6O3/c1-3-39(4-2)25(42)19-9-11-21(22(13-19)43-16-28(32,33)34)36-26-37-23-12-10-20(14-40(23)38-26)17-5-7-18(8-6-17)24(41)35-15-27(29,30)31/h5-14H,3-4,15-16H2,1-2H3,(H,35,41)(H,36,38). The van der Waals surface area contributed by atoms with Crippen molar-refractivity contribution in [3.63, 3.8) is 0 Å². The molecule has 4 aromatic rings. The molecule has 2 heterocycles. The van der Waals surface area contributed by atoms with Gasteiger partial charge in [0.2, 0.25) is 5.95 Å². The average molecular weight is 609 g/mol. The van der Waals surface area contributed by atoms with Gasteiger partial charge in [0, 0.05) is 36.0 Å². The van der Waals surface area contributed by atoms with Crippen LogP contribution in [0.4, 0.5) is 38.0 Å². The summed E-state index contributed by atoms with van der Waals surface area (Å²) in [6.07, 6.45) is -7.53. The number of fused-ring (bicyclic) bond motifs is 1. The van der Waals surface area contributed by atoms with Gasteiger partial charge in [0.25, 0.3) is 11.8 Å². The Morgan fingerprint density at radius 2 is 1.53 bits per heavy atom. The van der Waals surface area contributed by atoms with E-state index in [0.29, 0.717) is 29.9 Å². The third-order valence-corrected chi connectivity index (χ3v) is 6.18. The summed E-state index contributed by atoms with van der Waals surface area (Å²) in [6.45, 7) is 1.40. The molecule has 0 saturated heterocycles. The van der Waals surface area contributed by atoms with Crippen LogP contribution in [-0.2, 0) is 0 Å². The van der Waals surface area contributed by atoms with Gasteiger partial charge < -0.3 is 20.3 Å². The van der Waals surface area contributed by atoms with Crippen LogP contribution in [0.2, 0.25) is 0 Å². The molecule has 15 heteroatoms. The summed E-state index contributed by atoms with van der Waals surface area (Å²) in [5.74, 6) is -1.40. The van der Waals surface area contributed by atoms with Crippen LogP contribution in [0.5, 0.6) is 5.75 Å². The monoisotopic (exact) mass is 608 g/mol. The van der Waals surface area contributed by atoms with Crippen LogP contribution in [0.1, 0.15) is 34.6 Å². The second-order valence-electron chi connectivity index (χ2n) is 9.25. The molecule has 43 heavy (non-hydrogen) atoms. The summed E-state index contributed by atoms with van der Waals surface area (Å²) < 4.78 is 82.4. The van der Waals surface area contributed by atoms with Gasteiger partial charge >= 0.3 is 12.4 Å². The molecule has 0 aliphatic rings. The number of hydrogen-bond acceptors (Lipinski definition) is 6. The number of aromatic nitrogens is 3. The Bertz CT molecular complexity index is 1600. The summed E-state index contributed by atoms with van der Waals surface area (Å²) in [7, 11) is 0. The quantitative estimate of drug-likeness (QED) is 0.219. The maximum absolute atomic E-state index is 12.9. The largest absolute Gasteiger partial charge is 0.482 e. The number of pyridine rings is 1. The molecule has 2 aromatic carbocycles. The maximum atomic E-state index is 12.9. The molecule has 0 saturated carbocycles. The minimum Gasteiger partial charge on any atom is -0.482 e. The molecule has 0 bridgehead atoms. The van der Waals surface area contributed by atoms with Crippen molar-refractivity contribution in [2.45, 2.75) is 26.2 Å². The Morgan fingerprint density at radius 3 is 2.16 bits per heavy atom. The number of nitrogens with zero attached hydrogens (tertiary/aromatic N) is 4. The highest BCUT2D eigenvalue weighted by Gasteiger charge is 2.30. The fraction of sp³-hybridized carbons (Fsp3) is 0.286. The highest BCUT2D eigenvalue weighted by molar-refractivity contribution is 5.95. The Balaban J connectivity index is 1.55. The number of ether oxygens (including phenoxy) is 1. The van der Waals surface area contributed by atoms with E-state index in [4.69, 9.17) is 4.74 Å². The van der Waals surface area contributed by atoms with Crippen LogP contribution in [0, 0.1) is 0 Å². The van der Waals surface area contributed by atoms with E-state index in [1.54, 1.807) is 49.6 Å². The lowest BCUT2D eigenvalue weighted by molar-refractivity contribution is -0.153. The average Bonchev–Trinajstić information content (AvgIpc) is 3.36. The van der Waals surface area contributed by atoms with Gasteiger partial charge in [-0.3, -0.25) is 9.59 Å². The van der Waals surface area contributed by atoms with Crippen molar-refractivity contribution in [2.75, 3.05) is 31.6 Å². The molecule has 0 fully saturated rings. The number of anilines is 2. The third-order valence-electron chi connectivity index (χ3n) is 6.18. The number of nitrogens with one attached hydrogen (secondary N) is 2. The lowest BCUT2D eigenvalue weighted by atomic mass is 10.1. The van der Waals surface area contributed by atoms with Crippen molar-refractivity contribution in [3.8, 4) is 16.9 Å². The molecule has 2 aromatic heterocycles. The first kappa shape index (κ1) is 31.1. The number of carbonyl (C=O) groups excluding carboxylic acids is 2. The molecule has 228 valence electrons. The van der Waals surface area contributed by atoms with E-state index >= 15 is 0 Å². The Morgan fingerprint density at radius 1 is 0.884 bits per heavy atom. The summed E-state index contributed by atoms with van der Waals surface area (Å²) in [5, 5.41) is 8.96. The SMILES string of the molecule is CCN(CC)C(=O)c1ccc(Nc2nc3ccc(-c4ccc(C(=O)NCC(F)(F)F)cc4)cn3n2)c(OCC(F)(F)F)c1. The van der Waals surface area contributed by atoms with Crippen molar-refractivity contribution in [3.05, 3.63) is 71.9 Å². The van der Waals surface area contributed by atoms with Crippen LogP contribution < -0.4 is 15.4 Å². The van der Waals surface area contributed by atoms with E-state index in [2.05, 4.69) is 15.4 Å². The molecule has 9 nitrogen and oxygen atoms in total. The van der Waals surface area contributed by atoms with Crippen molar-refractivity contribution in [1.82, 2.24) is 24.8 Å². The van der Waals surface area contributed by atoms with Gasteiger partial charge in [0.15, 0.2) is 12.3 Å². The highest BCUT2D eigenvalue weighted by Crippen LogP contribution is 2.31. The Kier molecular flexibility index (Phi) is 9.11. The topological polar surface area (TPSA) is 101 Å². The van der Waals surface area contributed by atoms with Gasteiger partial charge in [0.1, 0.15) is 12.3 Å². The zero-order valence-corrected chi connectivity index (χ0v) is 22.9. The first-order chi connectivity index (χ1) is 20.3. The highest BCUT2D eigenvalue weighted by atomic mass is 19.4. The van der Waals surface area contributed by atoms with Gasteiger partial charge in [-0.25, -0.2) is 4.52 Å². The second kappa shape index (κ2) is 12.6. The molecule has 0 atom stereocenters. The summed E-state index contributed by atoms with van der Waals surface area (Å²) in [4.78, 5) is 30.6. The van der Waals surface area contributed by atoms with Crippen molar-refractivity contribution in [1.29, 1.82) is 0 Å². The number of rotatable bonds is 10. The molecule has 2 amide bonds.